The molecule has 21 heavy (non-hydrogen) atoms. The zero-order valence-corrected chi connectivity index (χ0v) is 13.4. The van der Waals surface area contributed by atoms with Crippen molar-refractivity contribution in [2.45, 2.75) is 19.6 Å². The molecule has 2 rings (SSSR count). The molecule has 2 N–H and O–H groups in total. The van der Waals surface area contributed by atoms with E-state index in [0.29, 0.717) is 22.8 Å². The highest BCUT2D eigenvalue weighted by Crippen LogP contribution is 2.16. The van der Waals surface area contributed by atoms with Gasteiger partial charge in [-0.3, -0.25) is 20.4 Å². The number of carbonyl (C=O) groups is 2. The molecule has 0 saturated heterocycles. The number of hydrogen-bond acceptors (Lipinski definition) is 5. The van der Waals surface area contributed by atoms with Crippen LogP contribution in [0.4, 0.5) is 0 Å². The van der Waals surface area contributed by atoms with Gasteiger partial charge in [0.15, 0.2) is 0 Å². The van der Waals surface area contributed by atoms with Crippen LogP contribution in [0.2, 0.25) is 0 Å². The van der Waals surface area contributed by atoms with E-state index in [1.807, 2.05) is 17.5 Å². The van der Waals surface area contributed by atoms with E-state index in [1.54, 1.807) is 31.3 Å². The fourth-order valence-electron chi connectivity index (χ4n) is 1.73. The Hall–Kier alpha value is -1.73. The topological polar surface area (TPSA) is 71.3 Å². The molecule has 0 aromatic carbocycles. The first-order valence-electron chi connectivity index (χ1n) is 6.32. The van der Waals surface area contributed by atoms with Crippen molar-refractivity contribution in [3.63, 3.8) is 0 Å². The van der Waals surface area contributed by atoms with Gasteiger partial charge in [0.2, 0.25) is 5.91 Å². The van der Waals surface area contributed by atoms with Gasteiger partial charge in [-0.05, 0) is 31.4 Å². The van der Waals surface area contributed by atoms with Gasteiger partial charge in [0.05, 0.1) is 11.3 Å². The normalized spacial score (nSPS) is 10.4. The van der Waals surface area contributed by atoms with Gasteiger partial charge in [-0.25, -0.2) is 0 Å². The van der Waals surface area contributed by atoms with Crippen LogP contribution in [0.25, 0.3) is 0 Å². The van der Waals surface area contributed by atoms with Crippen molar-refractivity contribution < 1.29 is 14.0 Å². The standard InChI is InChI=1S/C14H16N2O3S2/c1-9-6-12(10(2)19-9)14(18)16-15-13(17)8-20-7-11-4-3-5-21-11/h3-6H,7-8H2,1-2H3,(H,15,17)(H,16,18). The minimum absolute atomic E-state index is 0.234. The van der Waals surface area contributed by atoms with Gasteiger partial charge in [0, 0.05) is 10.6 Å². The van der Waals surface area contributed by atoms with Crippen molar-refractivity contribution in [2.24, 2.45) is 0 Å². The molecule has 0 aliphatic heterocycles. The summed E-state index contributed by atoms with van der Waals surface area (Å²) in [7, 11) is 0. The van der Waals surface area contributed by atoms with Gasteiger partial charge in [0.25, 0.3) is 5.91 Å². The van der Waals surface area contributed by atoms with Gasteiger partial charge in [-0.1, -0.05) is 6.07 Å². The lowest BCUT2D eigenvalue weighted by atomic mass is 10.2. The molecule has 0 saturated carbocycles. The first kappa shape index (κ1) is 15.7. The van der Waals surface area contributed by atoms with Crippen LogP contribution in [0.5, 0.6) is 0 Å². The first-order valence-corrected chi connectivity index (χ1v) is 8.36. The quantitative estimate of drug-likeness (QED) is 0.830. The molecular formula is C14H16N2O3S2. The third-order valence-corrected chi connectivity index (χ3v) is 4.70. The van der Waals surface area contributed by atoms with Crippen molar-refractivity contribution in [3.05, 3.63) is 45.5 Å². The molecule has 0 aliphatic rings. The Labute approximate surface area is 131 Å². The van der Waals surface area contributed by atoms with Gasteiger partial charge in [-0.15, -0.1) is 23.1 Å². The number of thioether (sulfide) groups is 1. The van der Waals surface area contributed by atoms with Crippen LogP contribution < -0.4 is 10.9 Å². The molecule has 112 valence electrons. The maximum Gasteiger partial charge on any atom is 0.273 e. The zero-order chi connectivity index (χ0) is 15.2. The molecule has 0 unspecified atom stereocenters. The third-order valence-electron chi connectivity index (χ3n) is 2.66. The SMILES string of the molecule is Cc1cc(C(=O)NNC(=O)CSCc2cccs2)c(C)o1. The Kier molecular flexibility index (Phi) is 5.46. The highest BCUT2D eigenvalue weighted by atomic mass is 32.2. The molecule has 2 amide bonds. The van der Waals surface area contributed by atoms with E-state index in [-0.39, 0.29) is 11.8 Å². The second kappa shape index (κ2) is 7.33. The lowest BCUT2D eigenvalue weighted by molar-refractivity contribution is -0.119. The summed E-state index contributed by atoms with van der Waals surface area (Å²) in [5, 5.41) is 2.01. The molecule has 2 heterocycles. The number of furan rings is 1. The molecule has 0 aliphatic carbocycles. The lowest BCUT2D eigenvalue weighted by Gasteiger charge is -2.06. The molecule has 0 bridgehead atoms. The Bertz CT molecular complexity index is 620. The van der Waals surface area contributed by atoms with Crippen LogP contribution in [0.3, 0.4) is 0 Å². The van der Waals surface area contributed by atoms with Gasteiger partial charge in [0.1, 0.15) is 11.5 Å². The number of hydrogen-bond donors (Lipinski definition) is 2. The number of aryl methyl sites for hydroxylation is 2. The van der Waals surface area contributed by atoms with E-state index < -0.39 is 0 Å². The maximum atomic E-state index is 11.9. The van der Waals surface area contributed by atoms with Gasteiger partial charge in [-0.2, -0.15) is 0 Å². The Balaban J connectivity index is 1.71. The van der Waals surface area contributed by atoms with E-state index >= 15 is 0 Å². The third kappa shape index (κ3) is 4.64. The smallest absolute Gasteiger partial charge is 0.273 e. The monoisotopic (exact) mass is 324 g/mol. The van der Waals surface area contributed by atoms with Crippen molar-refractivity contribution in [1.29, 1.82) is 0 Å². The average Bonchev–Trinajstić information content (AvgIpc) is 3.06. The van der Waals surface area contributed by atoms with Crippen LogP contribution in [0.1, 0.15) is 26.8 Å². The average molecular weight is 324 g/mol. The zero-order valence-electron chi connectivity index (χ0n) is 11.8. The second-order valence-electron chi connectivity index (χ2n) is 4.40. The molecular weight excluding hydrogens is 308 g/mol. The molecule has 0 fully saturated rings. The highest BCUT2D eigenvalue weighted by Gasteiger charge is 2.13. The minimum atomic E-state index is -0.374. The van der Waals surface area contributed by atoms with Crippen LogP contribution in [-0.4, -0.2) is 17.6 Å². The Morgan fingerprint density at radius 2 is 2.14 bits per heavy atom. The van der Waals surface area contributed by atoms with E-state index in [1.165, 1.54) is 16.6 Å². The van der Waals surface area contributed by atoms with Crippen molar-refractivity contribution in [2.75, 3.05) is 5.75 Å². The van der Waals surface area contributed by atoms with Crippen molar-refractivity contribution >= 4 is 34.9 Å². The summed E-state index contributed by atoms with van der Waals surface area (Å²) in [6.45, 7) is 3.48. The van der Waals surface area contributed by atoms with E-state index in [2.05, 4.69) is 10.9 Å². The molecule has 2 aromatic rings. The van der Waals surface area contributed by atoms with Crippen molar-refractivity contribution in [3.8, 4) is 0 Å². The number of amides is 2. The summed E-state index contributed by atoms with van der Waals surface area (Å²) in [4.78, 5) is 24.7. The summed E-state index contributed by atoms with van der Waals surface area (Å²) >= 11 is 3.16. The molecule has 7 heteroatoms. The number of carbonyl (C=O) groups excluding carboxylic acids is 2. The summed E-state index contributed by atoms with van der Waals surface area (Å²) < 4.78 is 5.27. The summed E-state index contributed by atoms with van der Waals surface area (Å²) in [5.74, 6) is 1.67. The summed E-state index contributed by atoms with van der Waals surface area (Å²) in [5.41, 5.74) is 5.22. The molecule has 5 nitrogen and oxygen atoms in total. The summed E-state index contributed by atoms with van der Waals surface area (Å²) in [6.07, 6.45) is 0. The first-order chi connectivity index (χ1) is 10.1. The minimum Gasteiger partial charge on any atom is -0.466 e. The predicted molar refractivity (Wildman–Crippen MR) is 84.3 cm³/mol. The number of hydrazine groups is 1. The molecule has 0 atom stereocenters. The lowest BCUT2D eigenvalue weighted by Crippen LogP contribution is -2.42. The van der Waals surface area contributed by atoms with E-state index in [4.69, 9.17) is 4.42 Å². The Morgan fingerprint density at radius 1 is 1.33 bits per heavy atom. The van der Waals surface area contributed by atoms with Crippen molar-refractivity contribution in [1.82, 2.24) is 10.9 Å². The van der Waals surface area contributed by atoms with Crippen LogP contribution in [0, 0.1) is 13.8 Å². The molecule has 0 radical (unpaired) electrons. The predicted octanol–water partition coefficient (Wildman–Crippen LogP) is 2.65. The fourth-order valence-corrected chi connectivity index (χ4v) is 3.39. The number of nitrogens with one attached hydrogen (secondary N) is 2. The van der Waals surface area contributed by atoms with Crippen LogP contribution >= 0.6 is 23.1 Å². The molecule has 0 spiro atoms. The fraction of sp³-hybridized carbons (Fsp3) is 0.286. The molecule has 2 aromatic heterocycles. The van der Waals surface area contributed by atoms with E-state index in [0.717, 1.165) is 5.75 Å². The van der Waals surface area contributed by atoms with Crippen LogP contribution in [-0.2, 0) is 10.5 Å². The highest BCUT2D eigenvalue weighted by molar-refractivity contribution is 7.99. The Morgan fingerprint density at radius 3 is 2.76 bits per heavy atom. The number of thiophene rings is 1. The largest absolute Gasteiger partial charge is 0.466 e. The number of rotatable bonds is 5. The maximum absolute atomic E-state index is 11.9. The second-order valence-corrected chi connectivity index (χ2v) is 6.42. The van der Waals surface area contributed by atoms with Gasteiger partial charge < -0.3 is 4.42 Å². The van der Waals surface area contributed by atoms with Crippen LogP contribution in [0.15, 0.2) is 28.0 Å². The van der Waals surface area contributed by atoms with Gasteiger partial charge >= 0.3 is 0 Å². The summed E-state index contributed by atoms with van der Waals surface area (Å²) in [6, 6.07) is 5.65. The van der Waals surface area contributed by atoms with E-state index in [9.17, 15) is 9.59 Å².